The Hall–Kier alpha value is -1.40. The summed E-state index contributed by atoms with van der Waals surface area (Å²) in [6.07, 6.45) is 6.23. The van der Waals surface area contributed by atoms with Crippen LogP contribution in [0.25, 0.3) is 11.1 Å². The Bertz CT molecular complexity index is 677. The fourth-order valence-corrected chi connectivity index (χ4v) is 2.71. The number of nitrogens with zero attached hydrogens (tertiary/aromatic N) is 1. The van der Waals surface area contributed by atoms with E-state index in [0.29, 0.717) is 17.0 Å². The zero-order chi connectivity index (χ0) is 14.6. The Balaban J connectivity index is 2.06. The first-order chi connectivity index (χ1) is 9.50. The monoisotopic (exact) mass is 296 g/mol. The SMILES string of the molecule is CS(=O)(=O)c1ccc2oc(CCCCCCN)nc2c1. The van der Waals surface area contributed by atoms with Gasteiger partial charge in [0.2, 0.25) is 0 Å². The molecule has 0 aliphatic heterocycles. The van der Waals surface area contributed by atoms with Gasteiger partial charge in [0.25, 0.3) is 0 Å². The lowest BCUT2D eigenvalue weighted by atomic mass is 10.1. The molecule has 5 nitrogen and oxygen atoms in total. The summed E-state index contributed by atoms with van der Waals surface area (Å²) in [7, 11) is -3.21. The number of hydrogen-bond acceptors (Lipinski definition) is 5. The summed E-state index contributed by atoms with van der Waals surface area (Å²) in [6.45, 7) is 0.733. The Morgan fingerprint density at radius 1 is 1.20 bits per heavy atom. The number of hydrogen-bond donors (Lipinski definition) is 1. The summed E-state index contributed by atoms with van der Waals surface area (Å²) in [5.41, 5.74) is 6.68. The average Bonchev–Trinajstić information content (AvgIpc) is 2.79. The minimum absolute atomic E-state index is 0.271. The molecule has 0 unspecified atom stereocenters. The number of oxazole rings is 1. The summed E-state index contributed by atoms with van der Waals surface area (Å²) in [4.78, 5) is 4.62. The van der Waals surface area contributed by atoms with Crippen LogP contribution in [0.3, 0.4) is 0 Å². The largest absolute Gasteiger partial charge is 0.441 e. The van der Waals surface area contributed by atoms with Gasteiger partial charge in [-0.05, 0) is 37.6 Å². The van der Waals surface area contributed by atoms with Gasteiger partial charge in [0, 0.05) is 12.7 Å². The van der Waals surface area contributed by atoms with Crippen molar-refractivity contribution in [3.8, 4) is 0 Å². The average molecular weight is 296 g/mol. The fraction of sp³-hybridized carbons (Fsp3) is 0.500. The van der Waals surface area contributed by atoms with E-state index in [1.54, 1.807) is 18.2 Å². The molecule has 0 saturated carbocycles. The molecule has 2 N–H and O–H groups in total. The lowest BCUT2D eigenvalue weighted by molar-refractivity contribution is 0.508. The first-order valence-corrected chi connectivity index (χ1v) is 8.69. The standard InChI is InChI=1S/C14H20N2O3S/c1-20(17,18)11-7-8-13-12(10-11)16-14(19-13)6-4-2-3-5-9-15/h7-8,10H,2-6,9,15H2,1H3. The van der Waals surface area contributed by atoms with Crippen molar-refractivity contribution in [1.29, 1.82) is 0 Å². The van der Waals surface area contributed by atoms with Crippen LogP contribution in [0, 0.1) is 0 Å². The molecule has 0 spiro atoms. The first-order valence-electron chi connectivity index (χ1n) is 6.80. The van der Waals surface area contributed by atoms with E-state index in [4.69, 9.17) is 10.2 Å². The Morgan fingerprint density at radius 3 is 2.65 bits per heavy atom. The lowest BCUT2D eigenvalue weighted by Crippen LogP contribution is -1.97. The molecule has 1 aromatic carbocycles. The molecule has 2 aromatic rings. The van der Waals surface area contributed by atoms with Crippen LogP contribution < -0.4 is 5.73 Å². The zero-order valence-corrected chi connectivity index (χ0v) is 12.4. The predicted octanol–water partition coefficient (Wildman–Crippen LogP) is 2.29. The van der Waals surface area contributed by atoms with E-state index in [1.807, 2.05) is 0 Å². The van der Waals surface area contributed by atoms with E-state index >= 15 is 0 Å². The third-order valence-electron chi connectivity index (χ3n) is 3.18. The van der Waals surface area contributed by atoms with E-state index in [9.17, 15) is 8.42 Å². The van der Waals surface area contributed by atoms with Gasteiger partial charge in [-0.1, -0.05) is 12.8 Å². The highest BCUT2D eigenvalue weighted by Gasteiger charge is 2.11. The van der Waals surface area contributed by atoms with Gasteiger partial charge in [-0.25, -0.2) is 13.4 Å². The number of sulfone groups is 1. The predicted molar refractivity (Wildman–Crippen MR) is 78.3 cm³/mol. The molecule has 0 bridgehead atoms. The molecule has 0 amide bonds. The molecular formula is C14H20N2O3S. The maximum atomic E-state index is 11.5. The molecule has 20 heavy (non-hydrogen) atoms. The van der Waals surface area contributed by atoms with Crippen molar-refractivity contribution in [3.05, 3.63) is 24.1 Å². The van der Waals surface area contributed by atoms with Crippen LogP contribution >= 0.6 is 0 Å². The van der Waals surface area contributed by atoms with Gasteiger partial charge in [0.05, 0.1) is 4.90 Å². The number of unbranched alkanes of at least 4 members (excludes halogenated alkanes) is 3. The van der Waals surface area contributed by atoms with E-state index in [0.717, 1.165) is 38.6 Å². The molecule has 0 aliphatic carbocycles. The third-order valence-corrected chi connectivity index (χ3v) is 4.29. The van der Waals surface area contributed by atoms with E-state index in [-0.39, 0.29) is 4.90 Å². The van der Waals surface area contributed by atoms with Gasteiger partial charge in [-0.15, -0.1) is 0 Å². The van der Waals surface area contributed by atoms with Gasteiger partial charge in [-0.2, -0.15) is 0 Å². The van der Waals surface area contributed by atoms with Crippen molar-refractivity contribution in [3.63, 3.8) is 0 Å². The normalized spacial score (nSPS) is 12.1. The summed E-state index contributed by atoms with van der Waals surface area (Å²) >= 11 is 0. The van der Waals surface area contributed by atoms with Crippen LogP contribution in [0.1, 0.15) is 31.6 Å². The quantitative estimate of drug-likeness (QED) is 0.792. The van der Waals surface area contributed by atoms with Crippen LogP contribution in [0.5, 0.6) is 0 Å². The molecule has 0 fully saturated rings. The molecule has 110 valence electrons. The molecule has 1 heterocycles. The Kier molecular flexibility index (Phi) is 4.77. The Morgan fingerprint density at radius 2 is 1.95 bits per heavy atom. The summed E-state index contributed by atoms with van der Waals surface area (Å²) < 4.78 is 28.6. The van der Waals surface area contributed by atoms with E-state index < -0.39 is 9.84 Å². The highest BCUT2D eigenvalue weighted by molar-refractivity contribution is 7.90. The second-order valence-electron chi connectivity index (χ2n) is 4.96. The molecule has 0 radical (unpaired) electrons. The molecular weight excluding hydrogens is 276 g/mol. The highest BCUT2D eigenvalue weighted by Crippen LogP contribution is 2.21. The van der Waals surface area contributed by atoms with Crippen LogP contribution in [-0.2, 0) is 16.3 Å². The second-order valence-corrected chi connectivity index (χ2v) is 6.98. The molecule has 2 rings (SSSR count). The van der Waals surface area contributed by atoms with Gasteiger partial charge < -0.3 is 10.2 Å². The van der Waals surface area contributed by atoms with E-state index in [2.05, 4.69) is 4.98 Å². The topological polar surface area (TPSA) is 86.2 Å². The van der Waals surface area contributed by atoms with Crippen LogP contribution in [0.15, 0.2) is 27.5 Å². The van der Waals surface area contributed by atoms with Crippen molar-refractivity contribution in [2.24, 2.45) is 5.73 Å². The molecule has 6 heteroatoms. The third kappa shape index (κ3) is 3.80. The van der Waals surface area contributed by atoms with Crippen LogP contribution in [-0.4, -0.2) is 26.2 Å². The summed E-state index contributed by atoms with van der Waals surface area (Å²) in [5, 5.41) is 0. The van der Waals surface area contributed by atoms with Crippen LogP contribution in [0.2, 0.25) is 0 Å². The summed E-state index contributed by atoms with van der Waals surface area (Å²) in [6, 6.07) is 4.77. The zero-order valence-electron chi connectivity index (χ0n) is 11.6. The number of benzene rings is 1. The first kappa shape index (κ1) is 15.0. The highest BCUT2D eigenvalue weighted by atomic mass is 32.2. The van der Waals surface area contributed by atoms with Gasteiger partial charge in [0.1, 0.15) is 5.52 Å². The van der Waals surface area contributed by atoms with E-state index in [1.165, 1.54) is 6.26 Å². The maximum absolute atomic E-state index is 11.5. The van der Waals surface area contributed by atoms with Crippen molar-refractivity contribution in [2.75, 3.05) is 12.8 Å². The molecule has 0 aliphatic rings. The van der Waals surface area contributed by atoms with Gasteiger partial charge in [0.15, 0.2) is 21.3 Å². The minimum Gasteiger partial charge on any atom is -0.441 e. The van der Waals surface area contributed by atoms with Crippen molar-refractivity contribution in [1.82, 2.24) is 4.98 Å². The van der Waals surface area contributed by atoms with Crippen molar-refractivity contribution in [2.45, 2.75) is 37.0 Å². The molecule has 0 saturated heterocycles. The number of aryl methyl sites for hydroxylation is 1. The number of rotatable bonds is 7. The number of nitrogens with two attached hydrogens (primary N) is 1. The Labute approximate surface area is 119 Å². The van der Waals surface area contributed by atoms with Crippen LogP contribution in [0.4, 0.5) is 0 Å². The summed E-state index contributed by atoms with van der Waals surface area (Å²) in [5.74, 6) is 0.665. The fourth-order valence-electron chi connectivity index (χ4n) is 2.07. The lowest BCUT2D eigenvalue weighted by Gasteiger charge is -1.96. The maximum Gasteiger partial charge on any atom is 0.195 e. The minimum atomic E-state index is -3.21. The molecule has 1 aromatic heterocycles. The van der Waals surface area contributed by atoms with Crippen molar-refractivity contribution < 1.29 is 12.8 Å². The van der Waals surface area contributed by atoms with Gasteiger partial charge in [-0.3, -0.25) is 0 Å². The second kappa shape index (κ2) is 6.37. The smallest absolute Gasteiger partial charge is 0.195 e. The van der Waals surface area contributed by atoms with Crippen molar-refractivity contribution >= 4 is 20.9 Å². The number of fused-ring (bicyclic) bond motifs is 1. The van der Waals surface area contributed by atoms with Gasteiger partial charge >= 0.3 is 0 Å². The molecule has 0 atom stereocenters. The number of aromatic nitrogens is 1.